The first-order chi connectivity index (χ1) is 18.0. The zero-order valence-electron chi connectivity index (χ0n) is 20.5. The van der Waals surface area contributed by atoms with Crippen molar-refractivity contribution in [3.8, 4) is 0 Å². The minimum Gasteiger partial charge on any atom is -0.447 e. The van der Waals surface area contributed by atoms with E-state index in [2.05, 4.69) is 4.98 Å². The van der Waals surface area contributed by atoms with E-state index in [1.54, 1.807) is 39.0 Å². The van der Waals surface area contributed by atoms with Crippen molar-refractivity contribution in [2.45, 2.75) is 32.7 Å². The highest BCUT2D eigenvalue weighted by Crippen LogP contribution is 2.31. The van der Waals surface area contributed by atoms with Crippen molar-refractivity contribution in [2.24, 2.45) is 0 Å². The first-order valence-corrected chi connectivity index (χ1v) is 12.6. The summed E-state index contributed by atoms with van der Waals surface area (Å²) >= 11 is 12.5. The van der Waals surface area contributed by atoms with Gasteiger partial charge in [0.2, 0.25) is 11.8 Å². The average molecular weight is 569 g/mol. The molecule has 2 heterocycles. The fourth-order valence-corrected chi connectivity index (χ4v) is 4.62. The van der Waals surface area contributed by atoms with Crippen LogP contribution in [0.3, 0.4) is 0 Å². The summed E-state index contributed by atoms with van der Waals surface area (Å²) in [4.78, 5) is 33.9. The van der Waals surface area contributed by atoms with E-state index >= 15 is 0 Å². The summed E-state index contributed by atoms with van der Waals surface area (Å²) in [7, 11) is 0. The standard InChI is InChI=1S/C26H25Cl2F3N4O3/c1-17(36)34-8-10-35(11-9-34)25(37)22-16-38-23(32-22)15-33(14-19-5-3-7-21(27)24(19)28)13-18-4-2-6-20(12-18)26(29,30)31/h2-7,12,16H,8-11,13-15H2,1H3. The van der Waals surface area contributed by atoms with Crippen molar-refractivity contribution in [2.75, 3.05) is 26.2 Å². The largest absolute Gasteiger partial charge is 0.447 e. The number of rotatable bonds is 7. The first kappa shape index (κ1) is 27.9. The quantitative estimate of drug-likeness (QED) is 0.376. The molecular weight excluding hydrogens is 544 g/mol. The lowest BCUT2D eigenvalue weighted by Crippen LogP contribution is -2.50. The predicted molar refractivity (Wildman–Crippen MR) is 136 cm³/mol. The van der Waals surface area contributed by atoms with E-state index < -0.39 is 11.7 Å². The number of amides is 2. The van der Waals surface area contributed by atoms with Gasteiger partial charge in [-0.05, 0) is 23.3 Å². The topological polar surface area (TPSA) is 69.9 Å². The molecule has 0 spiro atoms. The van der Waals surface area contributed by atoms with Crippen molar-refractivity contribution in [3.63, 3.8) is 0 Å². The van der Waals surface area contributed by atoms with E-state index in [1.165, 1.54) is 19.3 Å². The highest BCUT2D eigenvalue weighted by molar-refractivity contribution is 6.42. The molecule has 0 atom stereocenters. The van der Waals surface area contributed by atoms with Gasteiger partial charge in [-0.25, -0.2) is 4.98 Å². The van der Waals surface area contributed by atoms with E-state index in [1.807, 2.05) is 0 Å². The van der Waals surface area contributed by atoms with Crippen molar-refractivity contribution < 1.29 is 27.2 Å². The predicted octanol–water partition coefficient (Wildman–Crippen LogP) is 5.51. The first-order valence-electron chi connectivity index (χ1n) is 11.8. The van der Waals surface area contributed by atoms with Crippen LogP contribution in [0.25, 0.3) is 0 Å². The van der Waals surface area contributed by atoms with Crippen LogP contribution >= 0.6 is 23.2 Å². The van der Waals surface area contributed by atoms with Crippen molar-refractivity contribution in [1.82, 2.24) is 19.7 Å². The van der Waals surface area contributed by atoms with E-state index in [4.69, 9.17) is 27.6 Å². The molecule has 1 saturated heterocycles. The van der Waals surface area contributed by atoms with Gasteiger partial charge >= 0.3 is 6.18 Å². The summed E-state index contributed by atoms with van der Waals surface area (Å²) in [6, 6.07) is 10.2. The Kier molecular flexibility index (Phi) is 8.64. The number of aromatic nitrogens is 1. The van der Waals surface area contributed by atoms with Crippen molar-refractivity contribution >= 4 is 35.0 Å². The Morgan fingerprint density at radius 1 is 1.00 bits per heavy atom. The zero-order valence-corrected chi connectivity index (χ0v) is 22.0. The summed E-state index contributed by atoms with van der Waals surface area (Å²) in [5, 5.41) is 0.702. The Labute approximate surface area is 227 Å². The Morgan fingerprint density at radius 2 is 1.68 bits per heavy atom. The number of alkyl halides is 3. The van der Waals surface area contributed by atoms with Crippen LogP contribution in [0.5, 0.6) is 0 Å². The second-order valence-corrected chi connectivity index (χ2v) is 9.77. The normalized spacial score (nSPS) is 14.3. The third-order valence-electron chi connectivity index (χ3n) is 6.23. The molecule has 0 unspecified atom stereocenters. The Morgan fingerprint density at radius 3 is 2.37 bits per heavy atom. The fourth-order valence-electron chi connectivity index (χ4n) is 4.24. The number of halogens is 5. The van der Waals surface area contributed by atoms with Crippen molar-refractivity contribution in [3.05, 3.63) is 87.0 Å². The summed E-state index contributed by atoms with van der Waals surface area (Å²) in [5.41, 5.74) is 0.488. The monoisotopic (exact) mass is 568 g/mol. The van der Waals surface area contributed by atoms with E-state index in [0.717, 1.165) is 12.1 Å². The summed E-state index contributed by atoms with van der Waals surface area (Å²) < 4.78 is 45.4. The van der Waals surface area contributed by atoms with E-state index in [9.17, 15) is 22.8 Å². The van der Waals surface area contributed by atoms with Gasteiger partial charge in [0, 0.05) is 46.2 Å². The fraction of sp³-hybridized carbons (Fsp3) is 0.346. The lowest BCUT2D eigenvalue weighted by molar-refractivity contribution is -0.137. The summed E-state index contributed by atoms with van der Waals surface area (Å²) in [5.74, 6) is -0.132. The molecule has 1 aliphatic rings. The number of piperazine rings is 1. The molecule has 0 aliphatic carbocycles. The van der Waals surface area contributed by atoms with E-state index in [0.29, 0.717) is 47.4 Å². The Balaban J connectivity index is 1.52. The van der Waals surface area contributed by atoms with Crippen LogP contribution in [0.1, 0.15) is 40.0 Å². The van der Waals surface area contributed by atoms with Crippen LogP contribution in [-0.4, -0.2) is 57.7 Å². The number of nitrogens with zero attached hydrogens (tertiary/aromatic N) is 4. The molecule has 1 fully saturated rings. The SMILES string of the molecule is CC(=O)N1CCN(C(=O)c2coc(CN(Cc3cccc(C(F)(F)F)c3)Cc3cccc(Cl)c3Cl)n2)CC1. The highest BCUT2D eigenvalue weighted by Gasteiger charge is 2.30. The smallest absolute Gasteiger partial charge is 0.416 e. The molecule has 4 rings (SSSR count). The maximum Gasteiger partial charge on any atom is 0.416 e. The molecule has 12 heteroatoms. The average Bonchev–Trinajstić information content (AvgIpc) is 3.34. The van der Waals surface area contributed by atoms with Gasteiger partial charge in [-0.1, -0.05) is 53.5 Å². The third kappa shape index (κ3) is 6.86. The highest BCUT2D eigenvalue weighted by atomic mass is 35.5. The molecule has 0 radical (unpaired) electrons. The molecule has 1 aromatic heterocycles. The number of carbonyl (C=O) groups excluding carboxylic acids is 2. The zero-order chi connectivity index (χ0) is 27.4. The van der Waals surface area contributed by atoms with Gasteiger partial charge in [0.05, 0.1) is 22.2 Å². The molecule has 2 amide bonds. The summed E-state index contributed by atoms with van der Waals surface area (Å²) in [6.45, 7) is 3.62. The molecule has 3 aromatic rings. The molecular formula is C26H25Cl2F3N4O3. The van der Waals surface area contributed by atoms with Gasteiger partial charge in [0.15, 0.2) is 5.69 Å². The third-order valence-corrected chi connectivity index (χ3v) is 7.09. The number of carbonyl (C=O) groups is 2. The number of hydrogen-bond acceptors (Lipinski definition) is 5. The molecule has 0 saturated carbocycles. The number of oxazole rings is 1. The molecule has 202 valence electrons. The van der Waals surface area contributed by atoms with Gasteiger partial charge in [0.25, 0.3) is 5.91 Å². The van der Waals surface area contributed by atoms with E-state index in [-0.39, 0.29) is 43.0 Å². The second kappa shape index (κ2) is 11.8. The molecule has 7 nitrogen and oxygen atoms in total. The van der Waals surface area contributed by atoms with Crippen LogP contribution in [0.15, 0.2) is 53.1 Å². The van der Waals surface area contributed by atoms with Gasteiger partial charge < -0.3 is 14.2 Å². The van der Waals surface area contributed by atoms with Gasteiger partial charge in [-0.3, -0.25) is 14.5 Å². The minimum atomic E-state index is -4.47. The molecule has 2 aromatic carbocycles. The molecule has 0 N–H and O–H groups in total. The molecule has 0 bridgehead atoms. The van der Waals surface area contributed by atoms with Gasteiger partial charge in [-0.15, -0.1) is 0 Å². The van der Waals surface area contributed by atoms with Crippen LogP contribution in [0, 0.1) is 0 Å². The van der Waals surface area contributed by atoms with Gasteiger partial charge in [-0.2, -0.15) is 13.2 Å². The number of hydrogen-bond donors (Lipinski definition) is 0. The Bertz CT molecular complexity index is 1310. The maximum absolute atomic E-state index is 13.3. The second-order valence-electron chi connectivity index (χ2n) is 8.98. The summed E-state index contributed by atoms with van der Waals surface area (Å²) in [6.07, 6.45) is -3.20. The number of benzene rings is 2. The van der Waals surface area contributed by atoms with Crippen LogP contribution in [0.4, 0.5) is 13.2 Å². The molecule has 38 heavy (non-hydrogen) atoms. The lowest BCUT2D eigenvalue weighted by Gasteiger charge is -2.33. The van der Waals surface area contributed by atoms with Crippen LogP contribution in [0.2, 0.25) is 10.0 Å². The lowest BCUT2D eigenvalue weighted by atomic mass is 10.1. The van der Waals surface area contributed by atoms with Gasteiger partial charge in [0.1, 0.15) is 6.26 Å². The molecule has 1 aliphatic heterocycles. The maximum atomic E-state index is 13.3. The van der Waals surface area contributed by atoms with Crippen LogP contribution < -0.4 is 0 Å². The van der Waals surface area contributed by atoms with Crippen LogP contribution in [-0.2, 0) is 30.6 Å². The minimum absolute atomic E-state index is 0.0403. The Hall–Kier alpha value is -3.08. The van der Waals surface area contributed by atoms with Crippen molar-refractivity contribution in [1.29, 1.82) is 0 Å².